The van der Waals surface area contributed by atoms with Crippen LogP contribution < -0.4 is 15.4 Å². The molecule has 0 fully saturated rings. The number of hydrogen-bond donors (Lipinski definition) is 1. The number of methoxy groups -OCH3 is 1. The number of hydrogen-bond acceptors (Lipinski definition) is 3. The monoisotopic (exact) mass is 282 g/mol. The normalized spacial score (nSPS) is 14.0. The fourth-order valence-corrected chi connectivity index (χ4v) is 3.07. The molecule has 3 heteroatoms. The van der Waals surface area contributed by atoms with Gasteiger partial charge in [-0.1, -0.05) is 23.8 Å². The van der Waals surface area contributed by atoms with Crippen LogP contribution in [0.3, 0.4) is 0 Å². The minimum absolute atomic E-state index is 0.539. The lowest BCUT2D eigenvalue weighted by molar-refractivity contribution is 0.414. The van der Waals surface area contributed by atoms with Gasteiger partial charge in [0.2, 0.25) is 0 Å². The lowest BCUT2D eigenvalue weighted by Crippen LogP contribution is -2.26. The number of nitrogens with zero attached hydrogens (tertiary/aromatic N) is 1. The number of fused-ring (bicyclic) bond motifs is 1. The van der Waals surface area contributed by atoms with Crippen LogP contribution in [-0.2, 0) is 13.0 Å². The summed E-state index contributed by atoms with van der Waals surface area (Å²) in [6.07, 6.45) is 2.31. The van der Waals surface area contributed by atoms with E-state index in [4.69, 9.17) is 10.5 Å². The molecule has 1 heterocycles. The molecular weight excluding hydrogens is 260 g/mol. The van der Waals surface area contributed by atoms with Gasteiger partial charge >= 0.3 is 0 Å². The molecule has 0 radical (unpaired) electrons. The molecule has 21 heavy (non-hydrogen) atoms. The molecule has 0 bridgehead atoms. The first-order chi connectivity index (χ1) is 10.2. The first kappa shape index (κ1) is 14.0. The van der Waals surface area contributed by atoms with E-state index in [1.165, 1.54) is 22.5 Å². The zero-order valence-electron chi connectivity index (χ0n) is 12.7. The standard InChI is InChI=1S/C18H22N2O/c1-13-5-8-17-14(10-13)4-3-9-20(17)18-11-16(21-2)7-6-15(18)12-19/h5-8,10-11H,3-4,9,12,19H2,1-2H3. The number of aryl methyl sites for hydroxylation is 2. The van der Waals surface area contributed by atoms with Crippen LogP contribution in [0.25, 0.3) is 0 Å². The average molecular weight is 282 g/mol. The second-order valence-corrected chi connectivity index (χ2v) is 5.59. The van der Waals surface area contributed by atoms with Crippen LogP contribution >= 0.6 is 0 Å². The lowest BCUT2D eigenvalue weighted by Gasteiger charge is -2.33. The molecule has 3 rings (SSSR count). The van der Waals surface area contributed by atoms with Crippen molar-refractivity contribution in [1.82, 2.24) is 0 Å². The van der Waals surface area contributed by atoms with Crippen molar-refractivity contribution in [2.75, 3.05) is 18.6 Å². The van der Waals surface area contributed by atoms with Crippen molar-refractivity contribution in [2.45, 2.75) is 26.3 Å². The van der Waals surface area contributed by atoms with Gasteiger partial charge in [0.1, 0.15) is 5.75 Å². The molecule has 0 atom stereocenters. The molecule has 1 aliphatic heterocycles. The Morgan fingerprint density at radius 2 is 2.00 bits per heavy atom. The molecule has 0 aliphatic carbocycles. The fourth-order valence-electron chi connectivity index (χ4n) is 3.07. The van der Waals surface area contributed by atoms with E-state index in [1.54, 1.807) is 7.11 Å². The summed E-state index contributed by atoms with van der Waals surface area (Å²) >= 11 is 0. The first-order valence-electron chi connectivity index (χ1n) is 7.47. The summed E-state index contributed by atoms with van der Waals surface area (Å²) in [6.45, 7) is 3.71. The van der Waals surface area contributed by atoms with Crippen molar-refractivity contribution in [3.05, 3.63) is 53.1 Å². The number of ether oxygens (including phenoxy) is 1. The van der Waals surface area contributed by atoms with Crippen LogP contribution in [0.15, 0.2) is 36.4 Å². The third-order valence-corrected chi connectivity index (χ3v) is 4.16. The summed E-state index contributed by atoms with van der Waals surface area (Å²) in [5.74, 6) is 0.876. The Morgan fingerprint density at radius 3 is 2.76 bits per heavy atom. The second-order valence-electron chi connectivity index (χ2n) is 5.59. The van der Waals surface area contributed by atoms with Crippen molar-refractivity contribution in [1.29, 1.82) is 0 Å². The summed E-state index contributed by atoms with van der Waals surface area (Å²) in [5.41, 5.74) is 12.3. The SMILES string of the molecule is COc1ccc(CN)c(N2CCCc3cc(C)ccc32)c1. The van der Waals surface area contributed by atoms with E-state index >= 15 is 0 Å². The van der Waals surface area contributed by atoms with Gasteiger partial charge in [-0.25, -0.2) is 0 Å². The Morgan fingerprint density at radius 1 is 1.14 bits per heavy atom. The Balaban J connectivity index is 2.10. The summed E-state index contributed by atoms with van der Waals surface area (Å²) in [7, 11) is 1.70. The van der Waals surface area contributed by atoms with Gasteiger partial charge in [0.05, 0.1) is 7.11 Å². The number of nitrogens with two attached hydrogens (primary N) is 1. The first-order valence-corrected chi connectivity index (χ1v) is 7.47. The smallest absolute Gasteiger partial charge is 0.120 e. The quantitative estimate of drug-likeness (QED) is 0.935. The predicted octanol–water partition coefficient (Wildman–Crippen LogP) is 3.55. The Labute approximate surface area is 126 Å². The highest BCUT2D eigenvalue weighted by Crippen LogP contribution is 2.37. The number of anilines is 2. The molecule has 2 N–H and O–H groups in total. The molecule has 0 spiro atoms. The van der Waals surface area contributed by atoms with Gasteiger partial charge in [0.15, 0.2) is 0 Å². The fraction of sp³-hybridized carbons (Fsp3) is 0.333. The van der Waals surface area contributed by atoms with Crippen molar-refractivity contribution in [3.8, 4) is 5.75 Å². The van der Waals surface area contributed by atoms with Gasteiger partial charge < -0.3 is 15.4 Å². The summed E-state index contributed by atoms with van der Waals surface area (Å²) in [6, 6.07) is 12.8. The van der Waals surface area contributed by atoms with E-state index in [9.17, 15) is 0 Å². The summed E-state index contributed by atoms with van der Waals surface area (Å²) in [4.78, 5) is 2.38. The second kappa shape index (κ2) is 5.78. The molecule has 2 aromatic rings. The summed E-state index contributed by atoms with van der Waals surface area (Å²) < 4.78 is 5.38. The zero-order valence-corrected chi connectivity index (χ0v) is 12.7. The third kappa shape index (κ3) is 2.61. The van der Waals surface area contributed by atoms with Crippen molar-refractivity contribution < 1.29 is 4.74 Å². The molecule has 1 aliphatic rings. The van der Waals surface area contributed by atoms with Gasteiger partial charge in [-0.15, -0.1) is 0 Å². The van der Waals surface area contributed by atoms with Crippen LogP contribution in [0, 0.1) is 6.92 Å². The number of rotatable bonds is 3. The lowest BCUT2D eigenvalue weighted by atomic mass is 9.98. The van der Waals surface area contributed by atoms with E-state index in [-0.39, 0.29) is 0 Å². The third-order valence-electron chi connectivity index (χ3n) is 4.16. The van der Waals surface area contributed by atoms with Gasteiger partial charge in [-0.05, 0) is 43.0 Å². The van der Waals surface area contributed by atoms with Crippen LogP contribution in [0.1, 0.15) is 23.1 Å². The maximum Gasteiger partial charge on any atom is 0.120 e. The molecule has 0 saturated heterocycles. The molecule has 0 unspecified atom stereocenters. The van der Waals surface area contributed by atoms with Crippen molar-refractivity contribution >= 4 is 11.4 Å². The Hall–Kier alpha value is -2.00. The van der Waals surface area contributed by atoms with Crippen LogP contribution in [0.2, 0.25) is 0 Å². The molecule has 2 aromatic carbocycles. The summed E-state index contributed by atoms with van der Waals surface area (Å²) in [5, 5.41) is 0. The molecular formula is C18H22N2O. The van der Waals surface area contributed by atoms with Gasteiger partial charge in [-0.2, -0.15) is 0 Å². The maximum absolute atomic E-state index is 5.93. The molecule has 0 aromatic heterocycles. The molecule has 0 saturated carbocycles. The minimum Gasteiger partial charge on any atom is -0.497 e. The maximum atomic E-state index is 5.93. The van der Waals surface area contributed by atoms with E-state index < -0.39 is 0 Å². The van der Waals surface area contributed by atoms with E-state index in [2.05, 4.69) is 42.2 Å². The van der Waals surface area contributed by atoms with E-state index in [1.807, 2.05) is 6.07 Å². The zero-order chi connectivity index (χ0) is 14.8. The van der Waals surface area contributed by atoms with Crippen molar-refractivity contribution in [2.24, 2.45) is 5.73 Å². The molecule has 110 valence electrons. The van der Waals surface area contributed by atoms with Gasteiger partial charge in [0.25, 0.3) is 0 Å². The predicted molar refractivity (Wildman–Crippen MR) is 87.4 cm³/mol. The molecule has 3 nitrogen and oxygen atoms in total. The van der Waals surface area contributed by atoms with E-state index in [0.717, 1.165) is 30.7 Å². The highest BCUT2D eigenvalue weighted by Gasteiger charge is 2.20. The Bertz CT molecular complexity index is 652. The average Bonchev–Trinajstić information content (AvgIpc) is 2.53. The van der Waals surface area contributed by atoms with E-state index in [0.29, 0.717) is 6.54 Å². The topological polar surface area (TPSA) is 38.5 Å². The van der Waals surface area contributed by atoms with Crippen LogP contribution in [0.5, 0.6) is 5.75 Å². The highest BCUT2D eigenvalue weighted by molar-refractivity contribution is 5.71. The largest absolute Gasteiger partial charge is 0.497 e. The Kier molecular flexibility index (Phi) is 3.84. The molecule has 0 amide bonds. The minimum atomic E-state index is 0.539. The van der Waals surface area contributed by atoms with Crippen LogP contribution in [0.4, 0.5) is 11.4 Å². The van der Waals surface area contributed by atoms with Crippen LogP contribution in [-0.4, -0.2) is 13.7 Å². The van der Waals surface area contributed by atoms with Crippen molar-refractivity contribution in [3.63, 3.8) is 0 Å². The highest BCUT2D eigenvalue weighted by atomic mass is 16.5. The number of benzene rings is 2. The van der Waals surface area contributed by atoms with Gasteiger partial charge in [-0.3, -0.25) is 0 Å². The van der Waals surface area contributed by atoms with Gasteiger partial charge in [0, 0.05) is 30.5 Å².